The molecule has 0 aromatic heterocycles. The van der Waals surface area contributed by atoms with Gasteiger partial charge in [0, 0.05) is 16.1 Å². The van der Waals surface area contributed by atoms with Crippen LogP contribution in [0.2, 0.25) is 0 Å². The predicted molar refractivity (Wildman–Crippen MR) is 77.7 cm³/mol. The number of hydrogen-bond acceptors (Lipinski definition) is 1. The number of rotatable bonds is 2. The summed E-state index contributed by atoms with van der Waals surface area (Å²) in [5.41, 5.74) is 2.15. The standard InChI is InChI=1S/C15H20BrNO/c1-9-6-10(8-11(16)7-9)12(18)17-13-14(2,3)15(13,4)5/h6-8,13H,1-5H3,(H,17,18). The average Bonchev–Trinajstić information content (AvgIpc) is 2.59. The van der Waals surface area contributed by atoms with E-state index in [1.807, 2.05) is 25.1 Å². The van der Waals surface area contributed by atoms with Crippen LogP contribution < -0.4 is 5.32 Å². The zero-order valence-electron chi connectivity index (χ0n) is 11.6. The number of benzene rings is 1. The van der Waals surface area contributed by atoms with Gasteiger partial charge >= 0.3 is 0 Å². The molecule has 1 amide bonds. The molecule has 2 nitrogen and oxygen atoms in total. The molecule has 1 saturated carbocycles. The second-order valence-corrected chi connectivity index (χ2v) is 7.28. The Bertz CT molecular complexity index is 471. The molecule has 0 spiro atoms. The van der Waals surface area contributed by atoms with Crippen molar-refractivity contribution in [3.8, 4) is 0 Å². The monoisotopic (exact) mass is 309 g/mol. The quantitative estimate of drug-likeness (QED) is 0.881. The van der Waals surface area contributed by atoms with Crippen LogP contribution in [-0.4, -0.2) is 11.9 Å². The van der Waals surface area contributed by atoms with Gasteiger partial charge < -0.3 is 5.32 Å². The lowest BCUT2D eigenvalue weighted by atomic mass is 10.0. The summed E-state index contributed by atoms with van der Waals surface area (Å²) < 4.78 is 0.946. The largest absolute Gasteiger partial charge is 0.348 e. The third-order valence-electron chi connectivity index (χ3n) is 4.60. The Hall–Kier alpha value is -0.830. The molecule has 3 heteroatoms. The van der Waals surface area contributed by atoms with E-state index < -0.39 is 0 Å². The molecule has 0 aliphatic heterocycles. The van der Waals surface area contributed by atoms with Crippen LogP contribution in [0.3, 0.4) is 0 Å². The van der Waals surface area contributed by atoms with Crippen LogP contribution in [0, 0.1) is 17.8 Å². The molecule has 0 radical (unpaired) electrons. The minimum absolute atomic E-state index is 0.0167. The summed E-state index contributed by atoms with van der Waals surface area (Å²) >= 11 is 3.43. The number of halogens is 1. The van der Waals surface area contributed by atoms with Gasteiger partial charge in [-0.1, -0.05) is 43.6 Å². The molecule has 0 bridgehead atoms. The van der Waals surface area contributed by atoms with Crippen LogP contribution in [0.4, 0.5) is 0 Å². The second kappa shape index (κ2) is 4.09. The van der Waals surface area contributed by atoms with Gasteiger partial charge in [-0.15, -0.1) is 0 Å². The van der Waals surface area contributed by atoms with E-state index in [1.54, 1.807) is 0 Å². The SMILES string of the molecule is Cc1cc(Br)cc(C(=O)NC2C(C)(C)C2(C)C)c1. The number of aryl methyl sites for hydroxylation is 1. The lowest BCUT2D eigenvalue weighted by molar-refractivity contribution is 0.0943. The molecule has 0 atom stereocenters. The fourth-order valence-electron chi connectivity index (χ4n) is 2.64. The maximum atomic E-state index is 12.2. The Morgan fingerprint density at radius 1 is 1.17 bits per heavy atom. The van der Waals surface area contributed by atoms with E-state index in [-0.39, 0.29) is 22.8 Å². The normalized spacial score (nSPS) is 20.6. The van der Waals surface area contributed by atoms with Gasteiger partial charge in [-0.2, -0.15) is 0 Å². The summed E-state index contributed by atoms with van der Waals surface area (Å²) in [7, 11) is 0. The average molecular weight is 310 g/mol. The first-order chi connectivity index (χ1) is 8.16. The van der Waals surface area contributed by atoms with E-state index in [2.05, 4.69) is 48.9 Å². The number of carbonyl (C=O) groups is 1. The first-order valence-corrected chi connectivity index (χ1v) is 7.03. The Morgan fingerprint density at radius 3 is 2.17 bits per heavy atom. The molecular formula is C15H20BrNO. The lowest BCUT2D eigenvalue weighted by Gasteiger charge is -2.08. The molecule has 0 unspecified atom stereocenters. The third kappa shape index (κ3) is 2.09. The van der Waals surface area contributed by atoms with E-state index in [9.17, 15) is 4.79 Å². The van der Waals surface area contributed by atoms with Crippen molar-refractivity contribution in [2.24, 2.45) is 10.8 Å². The predicted octanol–water partition coefficient (Wildman–Crippen LogP) is 3.92. The fraction of sp³-hybridized carbons (Fsp3) is 0.533. The van der Waals surface area contributed by atoms with Crippen molar-refractivity contribution >= 4 is 21.8 Å². The molecule has 0 saturated heterocycles. The van der Waals surface area contributed by atoms with Crippen LogP contribution in [0.25, 0.3) is 0 Å². The number of hydrogen-bond donors (Lipinski definition) is 1. The molecule has 1 aliphatic rings. The van der Waals surface area contributed by atoms with E-state index >= 15 is 0 Å². The Labute approximate surface area is 117 Å². The zero-order valence-corrected chi connectivity index (χ0v) is 13.2. The van der Waals surface area contributed by atoms with Gasteiger partial charge in [-0.25, -0.2) is 0 Å². The Balaban J connectivity index is 2.15. The first-order valence-electron chi connectivity index (χ1n) is 6.24. The molecule has 0 heterocycles. The second-order valence-electron chi connectivity index (χ2n) is 6.37. The Morgan fingerprint density at radius 2 is 1.72 bits per heavy atom. The van der Waals surface area contributed by atoms with Crippen molar-refractivity contribution in [2.75, 3.05) is 0 Å². The van der Waals surface area contributed by atoms with Crippen LogP contribution >= 0.6 is 15.9 Å². The molecule has 1 aromatic carbocycles. The third-order valence-corrected chi connectivity index (χ3v) is 5.06. The molecule has 1 aromatic rings. The number of carbonyl (C=O) groups excluding carboxylic acids is 1. The van der Waals surface area contributed by atoms with Gasteiger partial charge in [0.25, 0.3) is 5.91 Å². The maximum absolute atomic E-state index is 12.2. The highest BCUT2D eigenvalue weighted by atomic mass is 79.9. The smallest absolute Gasteiger partial charge is 0.251 e. The summed E-state index contributed by atoms with van der Waals surface area (Å²) in [5, 5.41) is 3.15. The van der Waals surface area contributed by atoms with Crippen molar-refractivity contribution in [2.45, 2.75) is 40.7 Å². The highest BCUT2D eigenvalue weighted by Gasteiger charge is 2.65. The summed E-state index contributed by atoms with van der Waals surface area (Å²) in [4.78, 5) is 12.2. The molecule has 1 N–H and O–H groups in total. The van der Waals surface area contributed by atoms with Gasteiger partial charge in [0.15, 0.2) is 0 Å². The number of nitrogens with one attached hydrogen (secondary N) is 1. The fourth-order valence-corrected chi connectivity index (χ4v) is 3.25. The van der Waals surface area contributed by atoms with Crippen molar-refractivity contribution < 1.29 is 4.79 Å². The van der Waals surface area contributed by atoms with Gasteiger partial charge in [-0.05, 0) is 41.5 Å². The zero-order chi connectivity index (χ0) is 13.7. The van der Waals surface area contributed by atoms with Crippen molar-refractivity contribution in [1.29, 1.82) is 0 Å². The van der Waals surface area contributed by atoms with E-state index in [0.717, 1.165) is 15.6 Å². The summed E-state index contributed by atoms with van der Waals surface area (Å²) in [6.07, 6.45) is 0. The summed E-state index contributed by atoms with van der Waals surface area (Å²) in [6.45, 7) is 10.8. The van der Waals surface area contributed by atoms with Crippen LogP contribution in [0.15, 0.2) is 22.7 Å². The molecule has 18 heavy (non-hydrogen) atoms. The number of amides is 1. The van der Waals surface area contributed by atoms with Crippen LogP contribution in [0.5, 0.6) is 0 Å². The summed E-state index contributed by atoms with van der Waals surface area (Å²) in [6, 6.07) is 6.03. The molecule has 1 fully saturated rings. The van der Waals surface area contributed by atoms with Crippen molar-refractivity contribution in [3.05, 3.63) is 33.8 Å². The minimum atomic E-state index is 0.0167. The van der Waals surface area contributed by atoms with Crippen LogP contribution in [-0.2, 0) is 0 Å². The minimum Gasteiger partial charge on any atom is -0.348 e. The van der Waals surface area contributed by atoms with Gasteiger partial charge in [-0.3, -0.25) is 4.79 Å². The topological polar surface area (TPSA) is 29.1 Å². The lowest BCUT2D eigenvalue weighted by Crippen LogP contribution is -2.29. The van der Waals surface area contributed by atoms with Crippen LogP contribution in [0.1, 0.15) is 43.6 Å². The molecule has 1 aliphatic carbocycles. The highest BCUT2D eigenvalue weighted by Crippen LogP contribution is 2.62. The van der Waals surface area contributed by atoms with Gasteiger partial charge in [0.05, 0.1) is 0 Å². The molecular weight excluding hydrogens is 290 g/mol. The maximum Gasteiger partial charge on any atom is 0.251 e. The van der Waals surface area contributed by atoms with E-state index in [0.29, 0.717) is 0 Å². The van der Waals surface area contributed by atoms with E-state index in [1.165, 1.54) is 0 Å². The van der Waals surface area contributed by atoms with Crippen molar-refractivity contribution in [3.63, 3.8) is 0 Å². The first kappa shape index (κ1) is 13.6. The Kier molecular flexibility index (Phi) is 3.09. The van der Waals surface area contributed by atoms with Gasteiger partial charge in [0.1, 0.15) is 0 Å². The molecule has 2 rings (SSSR count). The van der Waals surface area contributed by atoms with Gasteiger partial charge in [0.2, 0.25) is 0 Å². The van der Waals surface area contributed by atoms with E-state index in [4.69, 9.17) is 0 Å². The molecule has 98 valence electrons. The summed E-state index contributed by atoms with van der Waals surface area (Å²) in [5.74, 6) is 0.0167. The van der Waals surface area contributed by atoms with Crippen molar-refractivity contribution in [1.82, 2.24) is 5.32 Å². The highest BCUT2D eigenvalue weighted by molar-refractivity contribution is 9.10.